The molecule has 0 unspecified atom stereocenters. The quantitative estimate of drug-likeness (QED) is 0.915. The Balaban J connectivity index is 1.95. The van der Waals surface area contributed by atoms with Crippen LogP contribution in [0.2, 0.25) is 5.02 Å². The summed E-state index contributed by atoms with van der Waals surface area (Å²) in [6, 6.07) is 14.6. The van der Waals surface area contributed by atoms with Crippen molar-refractivity contribution < 1.29 is 14.3 Å². The Hall–Kier alpha value is -2.33. The van der Waals surface area contributed by atoms with Crippen LogP contribution in [0.4, 0.5) is 4.79 Å². The molecule has 0 aromatic heterocycles. The molecule has 2 amide bonds. The topological polar surface area (TPSA) is 55.4 Å². The number of ether oxygens (including phenoxy) is 1. The molecule has 2 aromatic carbocycles. The second-order valence-corrected chi connectivity index (χ2v) is 4.10. The highest BCUT2D eigenvalue weighted by Crippen LogP contribution is 2.15. The van der Waals surface area contributed by atoms with E-state index in [-0.39, 0.29) is 0 Å². The molecule has 2 aromatic rings. The molecule has 0 atom stereocenters. The number of rotatable bonds is 2. The zero-order valence-corrected chi connectivity index (χ0v) is 10.6. The molecule has 0 radical (unpaired) electrons. The number of carbonyl (C=O) groups excluding carboxylic acids is 2. The maximum Gasteiger partial charge on any atom is 0.419 e. The van der Waals surface area contributed by atoms with Crippen molar-refractivity contribution in [3.63, 3.8) is 0 Å². The van der Waals surface area contributed by atoms with Gasteiger partial charge in [0.15, 0.2) is 0 Å². The van der Waals surface area contributed by atoms with Gasteiger partial charge in [-0.25, -0.2) is 4.79 Å². The smallest absolute Gasteiger partial charge is 0.410 e. The van der Waals surface area contributed by atoms with E-state index < -0.39 is 12.0 Å². The normalized spacial score (nSPS) is 9.74. The average molecular weight is 276 g/mol. The number of halogens is 1. The molecule has 0 saturated carbocycles. The van der Waals surface area contributed by atoms with Crippen molar-refractivity contribution in [3.05, 3.63) is 65.2 Å². The summed E-state index contributed by atoms with van der Waals surface area (Å²) < 4.78 is 4.93. The second kappa shape index (κ2) is 6.02. The van der Waals surface area contributed by atoms with Crippen LogP contribution in [-0.2, 0) is 0 Å². The number of hydrogen-bond acceptors (Lipinski definition) is 3. The molecule has 19 heavy (non-hydrogen) atoms. The average Bonchev–Trinajstić information content (AvgIpc) is 2.42. The van der Waals surface area contributed by atoms with Gasteiger partial charge < -0.3 is 4.74 Å². The third kappa shape index (κ3) is 3.82. The van der Waals surface area contributed by atoms with Crippen LogP contribution in [0.15, 0.2) is 54.6 Å². The van der Waals surface area contributed by atoms with E-state index in [1.807, 2.05) is 0 Å². The Bertz CT molecular complexity index is 581. The predicted octanol–water partition coefficient (Wildman–Crippen LogP) is 3.27. The second-order valence-electron chi connectivity index (χ2n) is 3.66. The van der Waals surface area contributed by atoms with Gasteiger partial charge in [-0.1, -0.05) is 29.8 Å². The minimum atomic E-state index is -0.837. The highest BCUT2D eigenvalue weighted by Gasteiger charge is 2.11. The predicted molar refractivity (Wildman–Crippen MR) is 71.4 cm³/mol. The number of hydrogen-bond donors (Lipinski definition) is 1. The monoisotopic (exact) mass is 275 g/mol. The van der Waals surface area contributed by atoms with Gasteiger partial charge >= 0.3 is 6.09 Å². The number of nitrogens with one attached hydrogen (secondary N) is 1. The van der Waals surface area contributed by atoms with Crippen LogP contribution in [0, 0.1) is 0 Å². The molecule has 96 valence electrons. The van der Waals surface area contributed by atoms with E-state index >= 15 is 0 Å². The van der Waals surface area contributed by atoms with Crippen molar-refractivity contribution in [2.75, 3.05) is 0 Å². The summed E-state index contributed by atoms with van der Waals surface area (Å²) in [5, 5.41) is 2.66. The van der Waals surface area contributed by atoms with E-state index in [1.54, 1.807) is 42.5 Å². The molecule has 2 rings (SSSR count). The first-order valence-corrected chi connectivity index (χ1v) is 5.87. The van der Waals surface area contributed by atoms with E-state index in [0.717, 1.165) is 0 Å². The summed E-state index contributed by atoms with van der Waals surface area (Å²) in [6.07, 6.45) is -0.837. The molecule has 0 aliphatic heterocycles. The standard InChI is InChI=1S/C14H10ClNO3/c15-11-6-8-12(9-7-11)19-14(18)16-13(17)10-4-2-1-3-5-10/h1-9H,(H,16,17,18). The molecule has 0 spiro atoms. The first-order valence-electron chi connectivity index (χ1n) is 5.49. The maximum atomic E-state index is 11.7. The van der Waals surface area contributed by atoms with Crippen molar-refractivity contribution in [1.29, 1.82) is 0 Å². The van der Waals surface area contributed by atoms with Crippen molar-refractivity contribution in [3.8, 4) is 5.75 Å². The molecule has 5 heteroatoms. The summed E-state index contributed by atoms with van der Waals surface area (Å²) in [4.78, 5) is 23.2. The van der Waals surface area contributed by atoms with Crippen LogP contribution in [0.25, 0.3) is 0 Å². The van der Waals surface area contributed by atoms with E-state index in [2.05, 4.69) is 5.32 Å². The van der Waals surface area contributed by atoms with Crippen LogP contribution < -0.4 is 10.1 Å². The number of imide groups is 1. The zero-order chi connectivity index (χ0) is 13.7. The SMILES string of the molecule is O=C(NC(=O)c1ccccc1)Oc1ccc(Cl)cc1. The molecule has 0 aliphatic rings. The third-order valence-corrected chi connectivity index (χ3v) is 2.53. The lowest BCUT2D eigenvalue weighted by molar-refractivity contribution is 0.0951. The minimum absolute atomic E-state index is 0.308. The Labute approximate surface area is 115 Å². The lowest BCUT2D eigenvalue weighted by Crippen LogP contribution is -2.32. The molecule has 4 nitrogen and oxygen atoms in total. The molecule has 1 N–H and O–H groups in total. The zero-order valence-electron chi connectivity index (χ0n) is 9.80. The first-order chi connectivity index (χ1) is 9.15. The van der Waals surface area contributed by atoms with Crippen LogP contribution in [0.3, 0.4) is 0 Å². The molecule has 0 bridgehead atoms. The summed E-state index contributed by atoms with van der Waals surface area (Å²) >= 11 is 5.70. The Morgan fingerprint density at radius 3 is 2.21 bits per heavy atom. The van der Waals surface area contributed by atoms with Gasteiger partial charge in [-0.05, 0) is 36.4 Å². The van der Waals surface area contributed by atoms with Gasteiger partial charge in [0.1, 0.15) is 5.75 Å². The van der Waals surface area contributed by atoms with Gasteiger partial charge in [0.05, 0.1) is 0 Å². The van der Waals surface area contributed by atoms with Gasteiger partial charge in [-0.3, -0.25) is 10.1 Å². The first kappa shape index (κ1) is 13.1. The molecular weight excluding hydrogens is 266 g/mol. The minimum Gasteiger partial charge on any atom is -0.410 e. The molecular formula is C14H10ClNO3. The summed E-state index contributed by atoms with van der Waals surface area (Å²) in [6.45, 7) is 0. The Kier molecular flexibility index (Phi) is 4.15. The van der Waals surface area contributed by atoms with Crippen LogP contribution in [-0.4, -0.2) is 12.0 Å². The fraction of sp³-hybridized carbons (Fsp3) is 0. The maximum absolute atomic E-state index is 11.7. The fourth-order valence-corrected chi connectivity index (χ4v) is 1.52. The molecule has 0 aliphatic carbocycles. The summed E-state index contributed by atoms with van der Waals surface area (Å²) in [7, 11) is 0. The highest BCUT2D eigenvalue weighted by molar-refractivity contribution is 6.30. The van der Waals surface area contributed by atoms with E-state index in [1.165, 1.54) is 12.1 Å². The van der Waals surface area contributed by atoms with Gasteiger partial charge in [0, 0.05) is 10.6 Å². The van der Waals surface area contributed by atoms with Crippen molar-refractivity contribution >= 4 is 23.6 Å². The lowest BCUT2D eigenvalue weighted by atomic mass is 10.2. The van der Waals surface area contributed by atoms with Gasteiger partial charge in [-0.15, -0.1) is 0 Å². The van der Waals surface area contributed by atoms with Crippen molar-refractivity contribution in [1.82, 2.24) is 5.32 Å². The fourth-order valence-electron chi connectivity index (χ4n) is 1.39. The van der Waals surface area contributed by atoms with Crippen LogP contribution in [0.1, 0.15) is 10.4 Å². The largest absolute Gasteiger partial charge is 0.419 e. The van der Waals surface area contributed by atoms with Crippen molar-refractivity contribution in [2.45, 2.75) is 0 Å². The van der Waals surface area contributed by atoms with E-state index in [4.69, 9.17) is 16.3 Å². The summed E-state index contributed by atoms with van der Waals surface area (Å²) in [5.41, 5.74) is 0.385. The Morgan fingerprint density at radius 1 is 0.947 bits per heavy atom. The number of amides is 2. The van der Waals surface area contributed by atoms with E-state index in [0.29, 0.717) is 16.3 Å². The molecule has 0 heterocycles. The van der Waals surface area contributed by atoms with Gasteiger partial charge in [-0.2, -0.15) is 0 Å². The van der Waals surface area contributed by atoms with Gasteiger partial charge in [0.2, 0.25) is 0 Å². The molecule has 0 fully saturated rings. The van der Waals surface area contributed by atoms with E-state index in [9.17, 15) is 9.59 Å². The third-order valence-electron chi connectivity index (χ3n) is 2.28. The lowest BCUT2D eigenvalue weighted by Gasteiger charge is -2.05. The number of benzene rings is 2. The summed E-state index contributed by atoms with van der Waals surface area (Å²) in [5.74, 6) is -0.206. The van der Waals surface area contributed by atoms with Crippen LogP contribution >= 0.6 is 11.6 Å². The Morgan fingerprint density at radius 2 is 1.58 bits per heavy atom. The van der Waals surface area contributed by atoms with Gasteiger partial charge in [0.25, 0.3) is 5.91 Å². The van der Waals surface area contributed by atoms with Crippen LogP contribution in [0.5, 0.6) is 5.75 Å². The highest BCUT2D eigenvalue weighted by atomic mass is 35.5. The molecule has 0 saturated heterocycles. The van der Waals surface area contributed by atoms with Crippen molar-refractivity contribution in [2.24, 2.45) is 0 Å². The number of carbonyl (C=O) groups is 2.